The number of H-pyrrole nitrogens is 1. The largest absolute Gasteiger partial charge is 0.493 e. The number of hydrogen-bond donors (Lipinski definition) is 1. The van der Waals surface area contributed by atoms with Gasteiger partial charge in [0.25, 0.3) is 5.56 Å². The Morgan fingerprint density at radius 2 is 2.00 bits per heavy atom. The van der Waals surface area contributed by atoms with Gasteiger partial charge < -0.3 is 19.2 Å². The summed E-state index contributed by atoms with van der Waals surface area (Å²) >= 11 is 0. The summed E-state index contributed by atoms with van der Waals surface area (Å²) in [5.74, 6) is 2.43. The van der Waals surface area contributed by atoms with Gasteiger partial charge in [-0.2, -0.15) is 0 Å². The van der Waals surface area contributed by atoms with E-state index in [4.69, 9.17) is 19.2 Å². The highest BCUT2D eigenvalue weighted by atomic mass is 16.6. The number of ether oxygens (including phenoxy) is 3. The summed E-state index contributed by atoms with van der Waals surface area (Å²) in [6.07, 6.45) is 4.45. The van der Waals surface area contributed by atoms with Crippen LogP contribution in [0.25, 0.3) is 12.2 Å². The molecule has 164 valence electrons. The van der Waals surface area contributed by atoms with Crippen LogP contribution in [-0.4, -0.2) is 41.7 Å². The van der Waals surface area contributed by atoms with Gasteiger partial charge in [0.1, 0.15) is 19.0 Å². The standard InChI is InChI=1S/C25H25N3O4/c1-30-21-13-18(14-22-24(21)32-12-11-31-22)7-8-23-26-20-9-10-28(16-19(20)25(29)27-23)15-17-5-3-2-4-6-17/h2-8,13-14H,9-12,15-16H2,1H3,(H,26,27,29)/b8-7+. The summed E-state index contributed by atoms with van der Waals surface area (Å²) in [7, 11) is 1.60. The van der Waals surface area contributed by atoms with Gasteiger partial charge >= 0.3 is 0 Å². The van der Waals surface area contributed by atoms with E-state index in [2.05, 4.69) is 22.0 Å². The van der Waals surface area contributed by atoms with E-state index in [0.29, 0.717) is 42.8 Å². The molecule has 0 radical (unpaired) electrons. The summed E-state index contributed by atoms with van der Waals surface area (Å²) in [4.78, 5) is 22.7. The van der Waals surface area contributed by atoms with Crippen molar-refractivity contribution in [1.82, 2.24) is 14.9 Å². The first-order chi connectivity index (χ1) is 15.7. The summed E-state index contributed by atoms with van der Waals surface area (Å²) in [5, 5.41) is 0. The highest BCUT2D eigenvalue weighted by Crippen LogP contribution is 2.40. The number of aromatic nitrogens is 2. The first-order valence-electron chi connectivity index (χ1n) is 10.7. The third kappa shape index (κ3) is 4.24. The fourth-order valence-electron chi connectivity index (χ4n) is 4.12. The van der Waals surface area contributed by atoms with Crippen molar-refractivity contribution in [2.45, 2.75) is 19.5 Å². The summed E-state index contributed by atoms with van der Waals surface area (Å²) < 4.78 is 16.8. The molecule has 3 heterocycles. The van der Waals surface area contributed by atoms with Crippen LogP contribution >= 0.6 is 0 Å². The third-order valence-corrected chi connectivity index (χ3v) is 5.70. The lowest BCUT2D eigenvalue weighted by Crippen LogP contribution is -2.35. The molecular formula is C25H25N3O4. The summed E-state index contributed by atoms with van der Waals surface area (Å²) in [6.45, 7) is 3.32. The van der Waals surface area contributed by atoms with E-state index >= 15 is 0 Å². The summed E-state index contributed by atoms with van der Waals surface area (Å²) in [5.41, 5.74) is 3.67. The Hall–Kier alpha value is -3.58. The second-order valence-electron chi connectivity index (χ2n) is 7.90. The van der Waals surface area contributed by atoms with Gasteiger partial charge in [-0.3, -0.25) is 9.69 Å². The molecule has 0 aliphatic carbocycles. The predicted molar refractivity (Wildman–Crippen MR) is 122 cm³/mol. The molecular weight excluding hydrogens is 406 g/mol. The highest BCUT2D eigenvalue weighted by molar-refractivity contribution is 5.71. The lowest BCUT2D eigenvalue weighted by atomic mass is 10.1. The molecule has 1 aromatic heterocycles. The Labute approximate surface area is 186 Å². The molecule has 2 aliphatic heterocycles. The second kappa shape index (κ2) is 8.88. The van der Waals surface area contributed by atoms with Crippen LogP contribution in [0.3, 0.4) is 0 Å². The van der Waals surface area contributed by atoms with Crippen molar-refractivity contribution in [3.63, 3.8) is 0 Å². The Morgan fingerprint density at radius 3 is 2.84 bits per heavy atom. The molecule has 1 N–H and O–H groups in total. The number of methoxy groups -OCH3 is 1. The van der Waals surface area contributed by atoms with Gasteiger partial charge in [0, 0.05) is 26.1 Å². The molecule has 0 unspecified atom stereocenters. The lowest BCUT2D eigenvalue weighted by Gasteiger charge is -2.27. The van der Waals surface area contributed by atoms with E-state index < -0.39 is 0 Å². The number of hydrogen-bond acceptors (Lipinski definition) is 6. The second-order valence-corrected chi connectivity index (χ2v) is 7.90. The van der Waals surface area contributed by atoms with Crippen LogP contribution in [0, 0.1) is 0 Å². The van der Waals surface area contributed by atoms with Crippen LogP contribution in [0.5, 0.6) is 17.2 Å². The maximum atomic E-state index is 12.8. The van der Waals surface area contributed by atoms with E-state index in [1.54, 1.807) is 7.11 Å². The molecule has 7 nitrogen and oxygen atoms in total. The average molecular weight is 431 g/mol. The van der Waals surface area contributed by atoms with Gasteiger partial charge in [0.15, 0.2) is 11.5 Å². The first kappa shape index (κ1) is 20.3. The molecule has 0 saturated heterocycles. The van der Waals surface area contributed by atoms with Crippen LogP contribution in [0.15, 0.2) is 47.3 Å². The minimum atomic E-state index is -0.0767. The molecule has 32 heavy (non-hydrogen) atoms. The molecule has 0 atom stereocenters. The van der Waals surface area contributed by atoms with Crippen LogP contribution in [0.1, 0.15) is 28.2 Å². The van der Waals surface area contributed by atoms with Crippen LogP contribution < -0.4 is 19.8 Å². The molecule has 3 aromatic rings. The molecule has 0 saturated carbocycles. The first-order valence-corrected chi connectivity index (χ1v) is 10.7. The van der Waals surface area contributed by atoms with Crippen LogP contribution in [-0.2, 0) is 19.5 Å². The monoisotopic (exact) mass is 431 g/mol. The van der Waals surface area contributed by atoms with Gasteiger partial charge in [-0.05, 0) is 29.3 Å². The van der Waals surface area contributed by atoms with Crippen LogP contribution in [0.4, 0.5) is 0 Å². The van der Waals surface area contributed by atoms with Crippen molar-refractivity contribution in [2.24, 2.45) is 0 Å². The Bertz CT molecular complexity index is 1190. The Balaban J connectivity index is 1.35. The molecule has 0 bridgehead atoms. The quantitative estimate of drug-likeness (QED) is 0.668. The zero-order valence-corrected chi connectivity index (χ0v) is 18.0. The maximum Gasteiger partial charge on any atom is 0.255 e. The van der Waals surface area contributed by atoms with Gasteiger partial charge in [0.2, 0.25) is 5.75 Å². The number of aromatic amines is 1. The fraction of sp³-hybridized carbons (Fsp3) is 0.280. The van der Waals surface area contributed by atoms with Gasteiger partial charge in [-0.25, -0.2) is 4.98 Å². The van der Waals surface area contributed by atoms with Crippen molar-refractivity contribution in [3.8, 4) is 17.2 Å². The Morgan fingerprint density at radius 1 is 1.16 bits per heavy atom. The van der Waals surface area contributed by atoms with Crippen LogP contribution in [0.2, 0.25) is 0 Å². The van der Waals surface area contributed by atoms with E-state index in [-0.39, 0.29) is 5.56 Å². The van der Waals surface area contributed by atoms with Crippen molar-refractivity contribution < 1.29 is 14.2 Å². The molecule has 5 rings (SSSR count). The van der Waals surface area contributed by atoms with Crippen molar-refractivity contribution in [3.05, 3.63) is 81.0 Å². The molecule has 2 aliphatic rings. The van der Waals surface area contributed by atoms with E-state index in [1.165, 1.54) is 5.56 Å². The average Bonchev–Trinajstić information content (AvgIpc) is 2.83. The smallest absolute Gasteiger partial charge is 0.255 e. The van der Waals surface area contributed by atoms with E-state index in [0.717, 1.165) is 36.3 Å². The van der Waals surface area contributed by atoms with Gasteiger partial charge in [-0.15, -0.1) is 0 Å². The SMILES string of the molecule is COc1cc(/C=C/c2nc3c(c(=O)[nH]2)CN(Cc2ccccc2)CC3)cc2c1OCCO2. The molecule has 2 aromatic carbocycles. The number of benzene rings is 2. The van der Waals surface area contributed by atoms with Gasteiger partial charge in [-0.1, -0.05) is 36.4 Å². The van der Waals surface area contributed by atoms with E-state index in [1.807, 2.05) is 42.5 Å². The number of fused-ring (bicyclic) bond motifs is 2. The van der Waals surface area contributed by atoms with Gasteiger partial charge in [0.05, 0.1) is 18.4 Å². The Kier molecular flexibility index (Phi) is 5.64. The number of rotatable bonds is 5. The highest BCUT2D eigenvalue weighted by Gasteiger charge is 2.21. The minimum Gasteiger partial charge on any atom is -0.493 e. The summed E-state index contributed by atoms with van der Waals surface area (Å²) in [6, 6.07) is 14.1. The third-order valence-electron chi connectivity index (χ3n) is 5.70. The number of nitrogens with zero attached hydrogens (tertiary/aromatic N) is 2. The predicted octanol–water partition coefficient (Wildman–Crippen LogP) is 3.28. The number of nitrogens with one attached hydrogen (secondary N) is 1. The van der Waals surface area contributed by atoms with E-state index in [9.17, 15) is 4.79 Å². The zero-order valence-electron chi connectivity index (χ0n) is 18.0. The molecule has 0 spiro atoms. The molecule has 0 fully saturated rings. The molecule has 0 amide bonds. The topological polar surface area (TPSA) is 76.7 Å². The lowest BCUT2D eigenvalue weighted by molar-refractivity contribution is 0.165. The van der Waals surface area contributed by atoms with Crippen molar-refractivity contribution in [1.29, 1.82) is 0 Å². The van der Waals surface area contributed by atoms with Crippen molar-refractivity contribution in [2.75, 3.05) is 26.9 Å². The minimum absolute atomic E-state index is 0.0767. The normalized spacial score (nSPS) is 15.5. The molecule has 7 heteroatoms. The fourth-order valence-corrected chi connectivity index (χ4v) is 4.12. The van der Waals surface area contributed by atoms with Crippen molar-refractivity contribution >= 4 is 12.2 Å². The zero-order chi connectivity index (χ0) is 21.9. The maximum absolute atomic E-state index is 12.8.